The quantitative estimate of drug-likeness (QED) is 0.247. The number of piperidine rings is 1. The number of allylic oxidation sites excluding steroid dienone is 4. The number of carbonyl (C=O) groups is 1. The van der Waals surface area contributed by atoms with Gasteiger partial charge in [-0.1, -0.05) is 37.4 Å². The van der Waals surface area contributed by atoms with Crippen LogP contribution in [-0.4, -0.2) is 25.1 Å². The number of halogens is 1. The molecular weight excluding hydrogens is 339 g/mol. The number of ketones is 1. The van der Waals surface area contributed by atoms with Crippen LogP contribution in [0.1, 0.15) is 37.1 Å². The molecule has 2 N–H and O–H groups in total. The van der Waals surface area contributed by atoms with Crippen LogP contribution in [0.3, 0.4) is 0 Å². The number of benzene rings is 1. The molecule has 0 saturated carbocycles. The van der Waals surface area contributed by atoms with E-state index in [1.54, 1.807) is 19.1 Å². The van der Waals surface area contributed by atoms with Gasteiger partial charge in [0.15, 0.2) is 11.5 Å². The maximum Gasteiger partial charge on any atom is 0.188 e. The Morgan fingerprint density at radius 2 is 1.89 bits per heavy atom. The largest absolute Gasteiger partial charge is 0.317 e. The van der Waals surface area contributed by atoms with Crippen molar-refractivity contribution in [3.8, 4) is 12.3 Å². The highest BCUT2D eigenvalue weighted by atomic mass is 19.1. The number of rotatable bonds is 6. The molecule has 1 aliphatic heterocycles. The van der Waals surface area contributed by atoms with Crippen molar-refractivity contribution < 1.29 is 10.6 Å². The van der Waals surface area contributed by atoms with Gasteiger partial charge in [-0.3, -0.25) is 4.79 Å². The molecule has 0 radical (unpaired) electrons. The van der Waals surface area contributed by atoms with Crippen LogP contribution in [0.15, 0.2) is 61.2 Å². The summed E-state index contributed by atoms with van der Waals surface area (Å²) in [5.74, 6) is 3.13. The number of alkyl halides is 1. The second kappa shape index (κ2) is 11.1. The third-order valence-corrected chi connectivity index (χ3v) is 4.45. The fourth-order valence-corrected chi connectivity index (χ4v) is 2.61. The van der Waals surface area contributed by atoms with Crippen LogP contribution in [0.2, 0.25) is 0 Å². The lowest BCUT2D eigenvalue weighted by Crippen LogP contribution is -2.26. The summed E-state index contributed by atoms with van der Waals surface area (Å²) in [5.41, 5.74) is -0.499. The van der Waals surface area contributed by atoms with E-state index in [1.165, 1.54) is 18.2 Å². The van der Waals surface area contributed by atoms with Gasteiger partial charge in [-0.15, -0.1) is 12.3 Å². The molecule has 3 nitrogen and oxygen atoms in total. The second-order valence-electron chi connectivity index (χ2n) is 6.29. The molecule has 0 spiro atoms. The van der Waals surface area contributed by atoms with Crippen molar-refractivity contribution in [2.75, 3.05) is 13.1 Å². The Kier molecular flexibility index (Phi) is 9.12. The SMILES string of the molecule is C#CC1CCNCC1.C=CC(F)(C=C)c1ccc(C(=O)/C(C)=C/C=N)cc1.[HH]. The molecule has 1 saturated heterocycles. The van der Waals surface area contributed by atoms with Crippen molar-refractivity contribution in [2.24, 2.45) is 5.92 Å². The topological polar surface area (TPSA) is 53.0 Å². The highest BCUT2D eigenvalue weighted by Gasteiger charge is 2.24. The number of Topliss-reactive ketones (excluding diaryl/α,β-unsaturated/α-hetero) is 1. The molecule has 1 heterocycles. The molecule has 1 aromatic rings. The first-order valence-corrected chi connectivity index (χ1v) is 8.87. The van der Waals surface area contributed by atoms with Gasteiger partial charge in [0.1, 0.15) is 0 Å². The maximum absolute atomic E-state index is 14.2. The van der Waals surface area contributed by atoms with Crippen molar-refractivity contribution in [3.05, 3.63) is 72.4 Å². The summed E-state index contributed by atoms with van der Waals surface area (Å²) in [5, 5.41) is 10.2. The Morgan fingerprint density at radius 1 is 1.33 bits per heavy atom. The Balaban J connectivity index is 0.000000678. The number of carbonyl (C=O) groups excluding carboxylic acids is 1. The molecule has 0 bridgehead atoms. The summed E-state index contributed by atoms with van der Waals surface area (Å²) in [6.07, 6.45) is 12.4. The van der Waals surface area contributed by atoms with Gasteiger partial charge >= 0.3 is 0 Å². The average Bonchev–Trinajstić information content (AvgIpc) is 2.74. The van der Waals surface area contributed by atoms with Crippen molar-refractivity contribution in [1.82, 2.24) is 5.32 Å². The van der Waals surface area contributed by atoms with Crippen molar-refractivity contribution >= 4 is 12.0 Å². The molecule has 1 aromatic carbocycles. The minimum absolute atomic E-state index is 0. The molecule has 27 heavy (non-hydrogen) atoms. The molecule has 0 amide bonds. The average molecular weight is 368 g/mol. The van der Waals surface area contributed by atoms with E-state index in [0.717, 1.165) is 44.3 Å². The highest BCUT2D eigenvalue weighted by Crippen LogP contribution is 2.28. The predicted molar refractivity (Wildman–Crippen MR) is 113 cm³/mol. The Labute approximate surface area is 163 Å². The second-order valence-corrected chi connectivity index (χ2v) is 6.29. The zero-order chi connectivity index (χ0) is 20.3. The molecule has 4 heteroatoms. The number of terminal acetylenes is 1. The summed E-state index contributed by atoms with van der Waals surface area (Å²) in [4.78, 5) is 11.9. The highest BCUT2D eigenvalue weighted by molar-refractivity contribution is 6.09. The van der Waals surface area contributed by atoms with E-state index in [1.807, 2.05) is 0 Å². The molecule has 0 unspecified atom stereocenters. The summed E-state index contributed by atoms with van der Waals surface area (Å²) in [7, 11) is 0. The third-order valence-electron chi connectivity index (χ3n) is 4.45. The van der Waals surface area contributed by atoms with E-state index < -0.39 is 5.67 Å². The van der Waals surface area contributed by atoms with E-state index in [2.05, 4.69) is 24.4 Å². The Morgan fingerprint density at radius 3 is 2.30 bits per heavy atom. The van der Waals surface area contributed by atoms with E-state index in [-0.39, 0.29) is 7.21 Å². The summed E-state index contributed by atoms with van der Waals surface area (Å²) >= 11 is 0. The number of nitrogens with one attached hydrogen (secondary N) is 2. The lowest BCUT2D eigenvalue weighted by molar-refractivity contribution is 0.103. The van der Waals surface area contributed by atoms with Crippen LogP contribution < -0.4 is 5.32 Å². The molecular formula is C23H29FN2O. The minimum Gasteiger partial charge on any atom is -0.317 e. The molecule has 2 rings (SSSR count). The summed E-state index contributed by atoms with van der Waals surface area (Å²) in [6, 6.07) is 6.18. The van der Waals surface area contributed by atoms with Crippen molar-refractivity contribution in [3.63, 3.8) is 0 Å². The fraction of sp³-hybridized carbons (Fsp3) is 0.304. The standard InChI is InChI=1S/C16H16FNO.C7H11N.H2/c1-4-16(17,5-2)14-8-6-13(7-9-14)15(19)12(3)10-11-18;1-2-7-3-5-8-6-4-7;/h4-11,18H,1-2H2,3H3;1,7-8H,3-6H2;1H/b12-10+,18-11?;;. The van der Waals surface area contributed by atoms with Gasteiger partial charge in [-0.05, 0) is 62.2 Å². The van der Waals surface area contributed by atoms with Gasteiger partial charge in [0.2, 0.25) is 0 Å². The van der Waals surface area contributed by atoms with Gasteiger partial charge in [0.25, 0.3) is 0 Å². The normalized spacial score (nSPS) is 14.9. The van der Waals surface area contributed by atoms with Crippen LogP contribution in [0.5, 0.6) is 0 Å². The van der Waals surface area contributed by atoms with E-state index in [9.17, 15) is 9.18 Å². The monoisotopic (exact) mass is 368 g/mol. The summed E-state index contributed by atoms with van der Waals surface area (Å²) in [6.45, 7) is 10.7. The Hall–Kier alpha value is -2.77. The van der Waals surface area contributed by atoms with E-state index in [0.29, 0.717) is 22.6 Å². The molecule has 1 fully saturated rings. The molecule has 1 aliphatic rings. The van der Waals surface area contributed by atoms with Crippen LogP contribution in [-0.2, 0) is 5.67 Å². The zero-order valence-corrected chi connectivity index (χ0v) is 15.8. The van der Waals surface area contributed by atoms with Crippen LogP contribution in [0.25, 0.3) is 0 Å². The Bertz CT molecular complexity index is 733. The molecule has 0 atom stereocenters. The van der Waals surface area contributed by atoms with Gasteiger partial charge in [0.05, 0.1) is 0 Å². The van der Waals surface area contributed by atoms with E-state index >= 15 is 0 Å². The van der Waals surface area contributed by atoms with Gasteiger partial charge in [-0.25, -0.2) is 4.39 Å². The molecule has 0 aromatic heterocycles. The summed E-state index contributed by atoms with van der Waals surface area (Å²) < 4.78 is 14.2. The predicted octanol–water partition coefficient (Wildman–Crippen LogP) is 4.87. The minimum atomic E-state index is -1.79. The van der Waals surface area contributed by atoms with Crippen LogP contribution in [0.4, 0.5) is 4.39 Å². The smallest absolute Gasteiger partial charge is 0.188 e. The first-order chi connectivity index (χ1) is 12.9. The first kappa shape index (κ1) is 22.3. The number of hydrogen-bond donors (Lipinski definition) is 2. The van der Waals surface area contributed by atoms with Crippen molar-refractivity contribution in [1.29, 1.82) is 5.41 Å². The first-order valence-electron chi connectivity index (χ1n) is 8.87. The number of hydrogen-bond acceptors (Lipinski definition) is 3. The van der Waals surface area contributed by atoms with Crippen molar-refractivity contribution in [2.45, 2.75) is 25.4 Å². The van der Waals surface area contributed by atoms with Gasteiger partial charge < -0.3 is 10.7 Å². The lowest BCUT2D eigenvalue weighted by atomic mass is 9.93. The zero-order valence-electron chi connectivity index (χ0n) is 15.8. The van der Waals surface area contributed by atoms with Gasteiger partial charge in [0, 0.05) is 19.1 Å². The maximum atomic E-state index is 14.2. The van der Waals surface area contributed by atoms with E-state index in [4.69, 9.17) is 11.8 Å². The van der Waals surface area contributed by atoms with Crippen LogP contribution in [0, 0.1) is 23.7 Å². The molecule has 144 valence electrons. The van der Waals surface area contributed by atoms with Gasteiger partial charge in [-0.2, -0.15) is 0 Å². The van der Waals surface area contributed by atoms with Crippen LogP contribution >= 0.6 is 0 Å². The molecule has 0 aliphatic carbocycles. The lowest BCUT2D eigenvalue weighted by Gasteiger charge is -2.17. The third kappa shape index (κ3) is 6.47. The fourth-order valence-electron chi connectivity index (χ4n) is 2.61.